The molecule has 1 aromatic rings. The molecule has 3 fully saturated rings. The summed E-state index contributed by atoms with van der Waals surface area (Å²) in [6.45, 7) is 5.97. The molecule has 4 aliphatic rings. The van der Waals surface area contributed by atoms with E-state index in [1.54, 1.807) is 4.90 Å². The summed E-state index contributed by atoms with van der Waals surface area (Å²) in [5.74, 6) is 0. The number of rotatable bonds is 2. The third-order valence-corrected chi connectivity index (χ3v) is 9.34. The minimum atomic E-state index is -0.0999. The van der Waals surface area contributed by atoms with Crippen molar-refractivity contribution in [1.82, 2.24) is 19.6 Å². The van der Waals surface area contributed by atoms with Crippen LogP contribution in [0.25, 0.3) is 0 Å². The predicted octanol–water partition coefficient (Wildman–Crippen LogP) is 4.84. The fraction of sp³-hybridized carbons (Fsp3) is 0.724. The highest BCUT2D eigenvalue weighted by molar-refractivity contribution is 5.74. The molecule has 4 heterocycles. The van der Waals surface area contributed by atoms with Crippen molar-refractivity contribution in [3.8, 4) is 0 Å². The summed E-state index contributed by atoms with van der Waals surface area (Å²) in [4.78, 5) is 34.5. The van der Waals surface area contributed by atoms with E-state index in [-0.39, 0.29) is 17.5 Å². The summed E-state index contributed by atoms with van der Waals surface area (Å²) in [5, 5.41) is 0. The van der Waals surface area contributed by atoms with E-state index in [2.05, 4.69) is 34.1 Å². The van der Waals surface area contributed by atoms with Crippen LogP contribution in [0.15, 0.2) is 24.3 Å². The zero-order valence-corrected chi connectivity index (χ0v) is 22.5. The van der Waals surface area contributed by atoms with Crippen LogP contribution in [0.4, 0.5) is 9.59 Å². The van der Waals surface area contributed by atoms with Crippen molar-refractivity contribution in [3.63, 3.8) is 0 Å². The Labute approximate surface area is 216 Å². The molecule has 0 aliphatic carbocycles. The Morgan fingerprint density at radius 2 is 1.69 bits per heavy atom. The lowest BCUT2D eigenvalue weighted by Gasteiger charge is -2.50. The van der Waals surface area contributed by atoms with Crippen molar-refractivity contribution in [3.05, 3.63) is 35.4 Å². The van der Waals surface area contributed by atoms with E-state index in [0.717, 1.165) is 64.6 Å². The fourth-order valence-corrected chi connectivity index (χ4v) is 7.55. The molecule has 7 heteroatoms. The van der Waals surface area contributed by atoms with Gasteiger partial charge in [0.05, 0.1) is 6.61 Å². The third kappa shape index (κ3) is 4.83. The molecule has 5 rings (SSSR count). The largest absolute Gasteiger partial charge is 0.450 e. The highest BCUT2D eigenvalue weighted by Gasteiger charge is 2.45. The molecule has 7 nitrogen and oxygen atoms in total. The van der Waals surface area contributed by atoms with Gasteiger partial charge in [-0.3, -0.25) is 0 Å². The Morgan fingerprint density at radius 3 is 2.42 bits per heavy atom. The first-order chi connectivity index (χ1) is 17.4. The van der Waals surface area contributed by atoms with Crippen molar-refractivity contribution in [2.45, 2.75) is 94.8 Å². The number of piperidine rings is 1. The number of likely N-dealkylation sites (tertiary alicyclic amines) is 1. The molecule has 3 unspecified atom stereocenters. The number of ether oxygens (including phenoxy) is 1. The molecule has 1 spiro atoms. The smallest absolute Gasteiger partial charge is 0.410 e. The summed E-state index contributed by atoms with van der Waals surface area (Å²) < 4.78 is 5.50. The second-order valence-electron chi connectivity index (χ2n) is 11.7. The van der Waals surface area contributed by atoms with Gasteiger partial charge in [0.25, 0.3) is 0 Å². The van der Waals surface area contributed by atoms with E-state index in [9.17, 15) is 9.59 Å². The van der Waals surface area contributed by atoms with Gasteiger partial charge in [0.1, 0.15) is 0 Å². The van der Waals surface area contributed by atoms with Crippen LogP contribution in [0, 0.1) is 0 Å². The van der Waals surface area contributed by atoms with Gasteiger partial charge in [-0.1, -0.05) is 37.1 Å². The van der Waals surface area contributed by atoms with Crippen LogP contribution in [0.1, 0.15) is 75.8 Å². The Morgan fingerprint density at radius 1 is 1.00 bits per heavy atom. The molecule has 2 bridgehead atoms. The van der Waals surface area contributed by atoms with Gasteiger partial charge in [-0.2, -0.15) is 0 Å². The first-order valence-corrected chi connectivity index (χ1v) is 14.2. The van der Waals surface area contributed by atoms with Crippen molar-refractivity contribution in [2.24, 2.45) is 0 Å². The monoisotopic (exact) mass is 496 g/mol. The minimum absolute atomic E-state index is 0.0338. The average molecular weight is 497 g/mol. The van der Waals surface area contributed by atoms with E-state index >= 15 is 0 Å². The molecule has 1 aromatic carbocycles. The summed E-state index contributed by atoms with van der Waals surface area (Å²) in [6, 6.07) is 10.0. The molecular weight excluding hydrogens is 452 g/mol. The molecule has 0 radical (unpaired) electrons. The predicted molar refractivity (Wildman–Crippen MR) is 141 cm³/mol. The van der Waals surface area contributed by atoms with Crippen LogP contribution in [-0.2, 0) is 16.7 Å². The summed E-state index contributed by atoms with van der Waals surface area (Å²) in [6.07, 6.45) is 9.98. The lowest BCUT2D eigenvalue weighted by Crippen LogP contribution is -2.56. The van der Waals surface area contributed by atoms with Crippen molar-refractivity contribution in [2.75, 3.05) is 40.3 Å². The van der Waals surface area contributed by atoms with Gasteiger partial charge in [-0.25, -0.2) is 9.59 Å². The normalized spacial score (nSPS) is 28.1. The standard InChI is InChI=1S/C29H44N4O3/c1-4-36-28(35)33-23-10-6-7-11-25(33)19-24(14-13-23)31-17-15-29(16-18-31)21-32(27(34)30(2)3)20-22-9-5-8-12-26(22)29/h5,8-9,12,23-25H,4,6-7,10-11,13-21H2,1-3H3. The van der Waals surface area contributed by atoms with Gasteiger partial charge in [0.2, 0.25) is 0 Å². The number of hydrogen-bond acceptors (Lipinski definition) is 4. The van der Waals surface area contributed by atoms with E-state index in [4.69, 9.17) is 4.74 Å². The number of carbonyl (C=O) groups excluding carboxylic acids is 2. The Kier molecular flexibility index (Phi) is 7.47. The fourth-order valence-electron chi connectivity index (χ4n) is 7.55. The third-order valence-electron chi connectivity index (χ3n) is 9.34. The maximum atomic E-state index is 12.9. The first kappa shape index (κ1) is 25.4. The zero-order chi connectivity index (χ0) is 25.3. The van der Waals surface area contributed by atoms with Gasteiger partial charge >= 0.3 is 12.1 Å². The summed E-state index contributed by atoms with van der Waals surface area (Å²) in [5.41, 5.74) is 2.79. The molecule has 3 atom stereocenters. The number of nitrogens with zero attached hydrogens (tertiary/aromatic N) is 4. The van der Waals surface area contributed by atoms with E-state index < -0.39 is 0 Å². The maximum absolute atomic E-state index is 12.9. The minimum Gasteiger partial charge on any atom is -0.450 e. The number of urea groups is 1. The number of fused-ring (bicyclic) bond motifs is 4. The molecule has 3 amide bonds. The van der Waals surface area contributed by atoms with E-state index in [0.29, 0.717) is 31.3 Å². The van der Waals surface area contributed by atoms with Crippen molar-refractivity contribution < 1.29 is 14.3 Å². The number of benzene rings is 1. The van der Waals surface area contributed by atoms with E-state index in [1.807, 2.05) is 25.9 Å². The summed E-state index contributed by atoms with van der Waals surface area (Å²) >= 11 is 0. The van der Waals surface area contributed by atoms with Gasteiger partial charge in [-0.15, -0.1) is 0 Å². The highest BCUT2D eigenvalue weighted by Crippen LogP contribution is 2.43. The van der Waals surface area contributed by atoms with Crippen LogP contribution < -0.4 is 0 Å². The number of carbonyl (C=O) groups is 2. The second-order valence-corrected chi connectivity index (χ2v) is 11.7. The molecular formula is C29H44N4O3. The van der Waals surface area contributed by atoms with Gasteiger partial charge in [-0.05, 0) is 76.1 Å². The molecule has 0 N–H and O–H groups in total. The van der Waals surface area contributed by atoms with Crippen LogP contribution in [-0.4, -0.2) is 90.2 Å². The topological polar surface area (TPSA) is 56.3 Å². The van der Waals surface area contributed by atoms with Gasteiger partial charge in [0, 0.05) is 50.7 Å². The Hall–Kier alpha value is -2.28. The lowest BCUT2D eigenvalue weighted by molar-refractivity contribution is 0.0580. The van der Waals surface area contributed by atoms with Gasteiger partial charge in [0.15, 0.2) is 0 Å². The maximum Gasteiger partial charge on any atom is 0.410 e. The average Bonchev–Trinajstić information content (AvgIpc) is 3.20. The Bertz CT molecular complexity index is 942. The zero-order valence-electron chi connectivity index (χ0n) is 22.5. The highest BCUT2D eigenvalue weighted by atomic mass is 16.6. The molecule has 0 aromatic heterocycles. The molecule has 4 aliphatic heterocycles. The molecule has 3 saturated heterocycles. The lowest BCUT2D eigenvalue weighted by atomic mass is 9.68. The van der Waals surface area contributed by atoms with E-state index in [1.165, 1.54) is 24.0 Å². The van der Waals surface area contributed by atoms with Crippen LogP contribution in [0.2, 0.25) is 0 Å². The second kappa shape index (κ2) is 10.6. The summed E-state index contributed by atoms with van der Waals surface area (Å²) in [7, 11) is 3.70. The Balaban J connectivity index is 1.32. The van der Waals surface area contributed by atoms with Crippen LogP contribution >= 0.6 is 0 Å². The van der Waals surface area contributed by atoms with Crippen LogP contribution in [0.3, 0.4) is 0 Å². The van der Waals surface area contributed by atoms with Gasteiger partial charge < -0.3 is 24.3 Å². The quantitative estimate of drug-likeness (QED) is 0.588. The first-order valence-electron chi connectivity index (χ1n) is 14.2. The number of amides is 3. The molecule has 198 valence electrons. The van der Waals surface area contributed by atoms with Crippen molar-refractivity contribution >= 4 is 12.1 Å². The van der Waals surface area contributed by atoms with Crippen LogP contribution in [0.5, 0.6) is 0 Å². The van der Waals surface area contributed by atoms with Crippen molar-refractivity contribution in [1.29, 1.82) is 0 Å². The SMILES string of the molecule is CCOC(=O)N1C2CCCCC1CC(N1CCC3(CC1)CN(C(=O)N(C)C)Cc1ccccc13)CC2. The molecule has 36 heavy (non-hydrogen) atoms. The molecule has 0 saturated carbocycles. The number of hydrogen-bond donors (Lipinski definition) is 0.